The maximum Gasteiger partial charge on any atom is 0.412 e. The van der Waals surface area contributed by atoms with Crippen LogP contribution in [0.25, 0.3) is 9.40 Å². The number of hydrogen-bond donors (Lipinski definition) is 2. The van der Waals surface area contributed by atoms with E-state index in [1.54, 1.807) is 17.5 Å². The second kappa shape index (κ2) is 8.80. The number of fused-ring (bicyclic) bond motifs is 1. The van der Waals surface area contributed by atoms with E-state index in [4.69, 9.17) is 16.3 Å². The van der Waals surface area contributed by atoms with Gasteiger partial charge in [-0.2, -0.15) is 4.37 Å². The molecule has 0 saturated heterocycles. The number of benzene rings is 1. The van der Waals surface area contributed by atoms with Crippen LogP contribution in [0.2, 0.25) is 5.02 Å². The summed E-state index contributed by atoms with van der Waals surface area (Å²) in [5, 5.41) is 14.4. The van der Waals surface area contributed by atoms with Crippen molar-refractivity contribution in [2.24, 2.45) is 0 Å². The van der Waals surface area contributed by atoms with Crippen molar-refractivity contribution >= 4 is 73.0 Å². The number of halogens is 1. The van der Waals surface area contributed by atoms with Gasteiger partial charge in [0.15, 0.2) is 5.69 Å². The number of carboxylic acid groups (broad SMARTS) is 1. The molecule has 1 aromatic carbocycles. The number of amides is 1. The largest absolute Gasteiger partial charge is 0.481 e. The average Bonchev–Trinajstić information content (AvgIpc) is 3.11. The van der Waals surface area contributed by atoms with Crippen LogP contribution in [-0.4, -0.2) is 21.5 Å². The summed E-state index contributed by atoms with van der Waals surface area (Å²) in [7, 11) is 0. The van der Waals surface area contributed by atoms with Gasteiger partial charge in [0.05, 0.1) is 10.6 Å². The zero-order chi connectivity index (χ0) is 23.0. The Morgan fingerprint density at radius 1 is 1.18 bits per heavy atom. The Kier molecular flexibility index (Phi) is 5.85. The first kappa shape index (κ1) is 21.9. The molecule has 1 amide bonds. The summed E-state index contributed by atoms with van der Waals surface area (Å²) < 4.78 is 11.6. The third-order valence-corrected chi connectivity index (χ3v) is 8.68. The van der Waals surface area contributed by atoms with E-state index in [0.717, 1.165) is 24.7 Å². The molecule has 1 aliphatic carbocycles. The number of thiophene rings is 2. The molecule has 0 unspecified atom stereocenters. The predicted octanol–water partition coefficient (Wildman–Crippen LogP) is 6.34. The molecule has 3 aromatic heterocycles. The second-order valence-electron chi connectivity index (χ2n) is 7.46. The molecule has 0 spiro atoms. The average molecular weight is 515 g/mol. The summed E-state index contributed by atoms with van der Waals surface area (Å²) in [4.78, 5) is 25.5. The third kappa shape index (κ3) is 4.48. The van der Waals surface area contributed by atoms with Gasteiger partial charge in [-0.1, -0.05) is 29.8 Å². The molecule has 2 N–H and O–H groups in total. The lowest BCUT2D eigenvalue weighted by Gasteiger charge is -2.07. The van der Waals surface area contributed by atoms with Crippen molar-refractivity contribution in [1.82, 2.24) is 4.37 Å². The lowest BCUT2D eigenvalue weighted by molar-refractivity contribution is -0.139. The van der Waals surface area contributed by atoms with Gasteiger partial charge in [-0.05, 0) is 54.4 Å². The van der Waals surface area contributed by atoms with Crippen molar-refractivity contribution in [3.05, 3.63) is 67.8 Å². The Bertz CT molecular complexity index is 1410. The van der Waals surface area contributed by atoms with Crippen molar-refractivity contribution in [2.75, 3.05) is 5.32 Å². The number of carbonyl (C=O) groups is 2. The minimum Gasteiger partial charge on any atom is -0.481 e. The zero-order valence-electron chi connectivity index (χ0n) is 16.9. The van der Waals surface area contributed by atoms with Crippen LogP contribution in [0.15, 0.2) is 41.8 Å². The van der Waals surface area contributed by atoms with Gasteiger partial charge >= 0.3 is 12.1 Å². The van der Waals surface area contributed by atoms with E-state index in [1.807, 2.05) is 24.3 Å². The highest BCUT2D eigenvalue weighted by atomic mass is 35.5. The topological polar surface area (TPSA) is 88.5 Å². The summed E-state index contributed by atoms with van der Waals surface area (Å²) in [5.74, 6) is 5.35. The minimum atomic E-state index is -0.745. The molecule has 1 saturated carbocycles. The first-order valence-corrected chi connectivity index (χ1v) is 12.7. The number of ether oxygens (including phenoxy) is 1. The molecule has 4 aromatic rings. The van der Waals surface area contributed by atoms with Crippen LogP contribution in [0.5, 0.6) is 0 Å². The number of aliphatic carboxylic acids is 1. The second-order valence-corrected chi connectivity index (χ2v) is 10.7. The molecule has 6 nitrogen and oxygen atoms in total. The van der Waals surface area contributed by atoms with Gasteiger partial charge in [0.25, 0.3) is 0 Å². The van der Waals surface area contributed by atoms with Crippen molar-refractivity contribution < 1.29 is 19.4 Å². The van der Waals surface area contributed by atoms with E-state index < -0.39 is 17.5 Å². The maximum atomic E-state index is 12.2. The van der Waals surface area contributed by atoms with Gasteiger partial charge in [0.1, 0.15) is 12.0 Å². The highest BCUT2D eigenvalue weighted by molar-refractivity contribution is 7.28. The lowest BCUT2D eigenvalue weighted by atomic mass is 10.1. The Hall–Kier alpha value is -2.90. The molecule has 166 valence electrons. The zero-order valence-corrected chi connectivity index (χ0v) is 20.1. The quantitative estimate of drug-likeness (QED) is 0.303. The van der Waals surface area contributed by atoms with Crippen molar-refractivity contribution in [3.63, 3.8) is 0 Å². The van der Waals surface area contributed by atoms with E-state index in [1.165, 1.54) is 34.2 Å². The van der Waals surface area contributed by atoms with Gasteiger partial charge in [-0.25, -0.2) is 4.79 Å². The number of aromatic nitrogens is 1. The molecule has 33 heavy (non-hydrogen) atoms. The van der Waals surface area contributed by atoms with Crippen molar-refractivity contribution in [3.8, 4) is 11.8 Å². The number of rotatable bonds is 5. The number of nitrogens with one attached hydrogen (secondary N) is 1. The summed E-state index contributed by atoms with van der Waals surface area (Å²) in [5.41, 5.74) is 0.968. The van der Waals surface area contributed by atoms with Crippen LogP contribution < -0.4 is 5.32 Å². The first-order valence-electron chi connectivity index (χ1n) is 9.85. The van der Waals surface area contributed by atoms with Crippen molar-refractivity contribution in [2.45, 2.75) is 24.9 Å². The Balaban J connectivity index is 1.26. The normalized spacial score (nSPS) is 13.8. The van der Waals surface area contributed by atoms with Crippen LogP contribution in [0, 0.1) is 11.8 Å². The standard InChI is InChI=1S/C23H15ClN2O4S3/c24-15-4-2-1-3-13(15)11-30-22(29)25-17-12-31-26-16(17)6-5-14-9-18-19(32-14)10-20(33-18)23(7-8-23)21(27)28/h1-4,9-10,12H,7-8,11H2,(H,25,29)(H,27,28). The molecule has 0 radical (unpaired) electrons. The lowest BCUT2D eigenvalue weighted by Crippen LogP contribution is -2.17. The van der Waals surface area contributed by atoms with Crippen LogP contribution in [0.1, 0.15) is 33.9 Å². The van der Waals surface area contributed by atoms with E-state index in [0.29, 0.717) is 29.2 Å². The number of anilines is 1. The van der Waals surface area contributed by atoms with E-state index in [2.05, 4.69) is 21.5 Å². The number of nitrogens with zero attached hydrogens (tertiary/aromatic N) is 1. The van der Waals surface area contributed by atoms with Crippen LogP contribution in [0.3, 0.4) is 0 Å². The fourth-order valence-electron chi connectivity index (χ4n) is 3.27. The highest BCUT2D eigenvalue weighted by Gasteiger charge is 2.53. The maximum absolute atomic E-state index is 12.2. The molecular formula is C23H15ClN2O4S3. The molecule has 10 heteroatoms. The highest BCUT2D eigenvalue weighted by Crippen LogP contribution is 2.52. The first-order chi connectivity index (χ1) is 15.9. The van der Waals surface area contributed by atoms with E-state index in [-0.39, 0.29) is 6.61 Å². The summed E-state index contributed by atoms with van der Waals surface area (Å²) >= 11 is 10.3. The summed E-state index contributed by atoms with van der Waals surface area (Å²) in [6, 6.07) is 11.1. The van der Waals surface area contributed by atoms with Gasteiger partial charge in [-0.15, -0.1) is 22.7 Å². The van der Waals surface area contributed by atoms with Crippen LogP contribution in [-0.2, 0) is 21.6 Å². The molecule has 0 atom stereocenters. The smallest absolute Gasteiger partial charge is 0.412 e. The molecule has 0 aliphatic heterocycles. The fourth-order valence-corrected chi connectivity index (χ4v) is 6.52. The van der Waals surface area contributed by atoms with Gasteiger partial charge in [0.2, 0.25) is 0 Å². The Morgan fingerprint density at radius 2 is 1.97 bits per heavy atom. The minimum absolute atomic E-state index is 0.0567. The molecule has 1 aliphatic rings. The van der Waals surface area contributed by atoms with Gasteiger partial charge in [-0.3, -0.25) is 10.1 Å². The summed E-state index contributed by atoms with van der Waals surface area (Å²) in [6.07, 6.45) is 0.779. The Morgan fingerprint density at radius 3 is 2.70 bits per heavy atom. The fraction of sp³-hybridized carbons (Fsp3) is 0.174. The monoisotopic (exact) mass is 514 g/mol. The van der Waals surface area contributed by atoms with Gasteiger partial charge in [0, 0.05) is 30.2 Å². The molecule has 0 bridgehead atoms. The Labute approximate surface area is 206 Å². The van der Waals surface area contributed by atoms with Gasteiger partial charge < -0.3 is 9.84 Å². The summed E-state index contributed by atoms with van der Waals surface area (Å²) in [6.45, 7) is 0.0567. The van der Waals surface area contributed by atoms with E-state index >= 15 is 0 Å². The van der Waals surface area contributed by atoms with Crippen LogP contribution >= 0.6 is 45.8 Å². The predicted molar refractivity (Wildman–Crippen MR) is 132 cm³/mol. The molecular weight excluding hydrogens is 500 g/mol. The van der Waals surface area contributed by atoms with Crippen molar-refractivity contribution in [1.29, 1.82) is 0 Å². The SMILES string of the molecule is O=C(Nc1csnc1C#Cc1cc2sc(C3(C(=O)O)CC3)cc2s1)OCc1ccccc1Cl. The van der Waals surface area contributed by atoms with Crippen LogP contribution in [0.4, 0.5) is 10.5 Å². The molecule has 3 heterocycles. The molecule has 5 rings (SSSR count). The third-order valence-electron chi connectivity index (χ3n) is 5.27. The molecule has 1 fully saturated rings. The number of hydrogen-bond acceptors (Lipinski definition) is 7. The number of carbonyl (C=O) groups excluding carboxylic acids is 1. The number of carboxylic acids is 1. The van der Waals surface area contributed by atoms with E-state index in [9.17, 15) is 14.7 Å².